The van der Waals surface area contributed by atoms with E-state index < -0.39 is 0 Å². The molecule has 0 unspecified atom stereocenters. The first kappa shape index (κ1) is 9.49. The number of hydrogen-bond donors (Lipinski definition) is 2. The lowest BCUT2D eigenvalue weighted by Crippen LogP contribution is -2.18. The maximum atomic E-state index is 4.15. The second kappa shape index (κ2) is 5.29. The van der Waals surface area contributed by atoms with E-state index in [-0.39, 0.29) is 6.04 Å². The lowest BCUT2D eigenvalue weighted by atomic mass is 10.4. The van der Waals surface area contributed by atoms with Gasteiger partial charge in [0.25, 0.3) is 0 Å². The van der Waals surface area contributed by atoms with E-state index in [1.807, 2.05) is 13.8 Å². The minimum atomic E-state index is 0.211. The molecule has 0 aromatic rings. The quantitative estimate of drug-likeness (QED) is 0.272. The molecule has 1 N–H and O–H groups in total. The molecular formula is C6H13N3S. The maximum absolute atomic E-state index is 4.15. The molecule has 3 nitrogen and oxygen atoms in total. The van der Waals surface area contributed by atoms with Gasteiger partial charge in [-0.2, -0.15) is 5.10 Å². The lowest BCUT2D eigenvalue weighted by Gasteiger charge is -2.04. The number of thiol groups is 1. The minimum absolute atomic E-state index is 0.211. The molecule has 0 spiro atoms. The third-order valence-corrected chi connectivity index (χ3v) is 1.02. The van der Waals surface area contributed by atoms with E-state index in [9.17, 15) is 0 Å². The van der Waals surface area contributed by atoms with Crippen LogP contribution in [0.25, 0.3) is 0 Å². The molecule has 0 aliphatic carbocycles. The van der Waals surface area contributed by atoms with E-state index in [4.69, 9.17) is 0 Å². The van der Waals surface area contributed by atoms with Gasteiger partial charge in [-0.3, -0.25) is 4.99 Å². The molecule has 0 aliphatic rings. The number of hydrogen-bond acceptors (Lipinski definition) is 3. The first-order valence-electron chi connectivity index (χ1n) is 3.08. The molecule has 1 atom stereocenters. The molecule has 0 heterocycles. The highest BCUT2D eigenvalue weighted by Crippen LogP contribution is 1.91. The summed E-state index contributed by atoms with van der Waals surface area (Å²) in [5.74, 6) is 0. The van der Waals surface area contributed by atoms with Crippen LogP contribution < -0.4 is 5.43 Å². The van der Waals surface area contributed by atoms with Gasteiger partial charge in [-0.15, -0.1) is 12.6 Å². The predicted octanol–water partition coefficient (Wildman–Crippen LogP) is 0.928. The van der Waals surface area contributed by atoms with Gasteiger partial charge in [0.2, 0.25) is 0 Å². The summed E-state index contributed by atoms with van der Waals surface area (Å²) < 4.78 is 0. The van der Waals surface area contributed by atoms with E-state index in [0.29, 0.717) is 6.54 Å². The summed E-state index contributed by atoms with van der Waals surface area (Å²) >= 11 is 4.04. The van der Waals surface area contributed by atoms with Crippen molar-refractivity contribution in [2.75, 3.05) is 6.54 Å². The normalized spacial score (nSPS) is 14.5. The summed E-state index contributed by atoms with van der Waals surface area (Å²) in [6, 6.07) is 0.211. The summed E-state index contributed by atoms with van der Waals surface area (Å²) in [6.07, 6.45) is 0. The number of nitrogens with zero attached hydrogens (tertiary/aromatic N) is 2. The van der Waals surface area contributed by atoms with Crippen LogP contribution in [-0.4, -0.2) is 24.3 Å². The fraction of sp³-hybridized carbons (Fsp3) is 0.667. The highest BCUT2D eigenvalue weighted by atomic mass is 32.1. The molecule has 0 aromatic heterocycles. The van der Waals surface area contributed by atoms with Gasteiger partial charge in [0, 0.05) is 6.72 Å². The van der Waals surface area contributed by atoms with Crippen LogP contribution in [0.15, 0.2) is 10.1 Å². The molecule has 0 bridgehead atoms. The van der Waals surface area contributed by atoms with Crippen molar-refractivity contribution >= 4 is 24.4 Å². The van der Waals surface area contributed by atoms with Gasteiger partial charge in [-0.05, 0) is 13.8 Å². The smallest absolute Gasteiger partial charge is 0.0669 e. The Kier molecular flexibility index (Phi) is 5.02. The monoisotopic (exact) mass is 159 g/mol. The molecule has 0 aromatic carbocycles. The number of aliphatic imine (C=N–C) groups is 1. The van der Waals surface area contributed by atoms with Crippen molar-refractivity contribution in [1.82, 2.24) is 5.43 Å². The first-order valence-corrected chi connectivity index (χ1v) is 3.53. The Labute approximate surface area is 67.0 Å². The first-order chi connectivity index (χ1) is 4.66. The minimum Gasteiger partial charge on any atom is -0.309 e. The average Bonchev–Trinajstić information content (AvgIpc) is 1.82. The van der Waals surface area contributed by atoms with Gasteiger partial charge in [0.1, 0.15) is 0 Å². The highest BCUT2D eigenvalue weighted by molar-refractivity contribution is 7.96. The van der Waals surface area contributed by atoms with E-state index in [0.717, 1.165) is 5.04 Å². The fourth-order valence-corrected chi connectivity index (χ4v) is 0.758. The van der Waals surface area contributed by atoms with E-state index in [2.05, 4.69) is 34.9 Å². The van der Waals surface area contributed by atoms with Crippen LogP contribution in [0.4, 0.5) is 0 Å². The van der Waals surface area contributed by atoms with E-state index in [1.165, 1.54) is 0 Å². The fourth-order valence-electron chi connectivity index (χ4n) is 0.561. The summed E-state index contributed by atoms with van der Waals surface area (Å²) in [4.78, 5) is 4.15. The number of rotatable bonds is 4. The number of nitrogens with one attached hydrogen (secondary N) is 1. The van der Waals surface area contributed by atoms with Gasteiger partial charge < -0.3 is 5.43 Å². The van der Waals surface area contributed by atoms with Gasteiger partial charge in [-0.1, -0.05) is 0 Å². The molecule has 0 rings (SSSR count). The van der Waals surface area contributed by atoms with Crippen molar-refractivity contribution in [2.45, 2.75) is 19.9 Å². The predicted molar refractivity (Wildman–Crippen MR) is 49.1 cm³/mol. The Balaban J connectivity index is 3.52. The molecule has 10 heavy (non-hydrogen) atoms. The average molecular weight is 159 g/mol. The largest absolute Gasteiger partial charge is 0.309 e. The topological polar surface area (TPSA) is 36.8 Å². The molecule has 4 heteroatoms. The van der Waals surface area contributed by atoms with Gasteiger partial charge in [0.05, 0.1) is 17.6 Å². The Morgan fingerprint density at radius 2 is 2.40 bits per heavy atom. The standard InChI is InChI=1S/C6H13N3S/c1-5(4-8-7-3)9-6(2)10/h5,8H,3-4H2,1-2H3,(H,9,10)/t5-/m1/s1. The van der Waals surface area contributed by atoms with Crippen molar-refractivity contribution in [3.63, 3.8) is 0 Å². The molecule has 0 aliphatic heterocycles. The van der Waals surface area contributed by atoms with Crippen molar-refractivity contribution in [1.29, 1.82) is 0 Å². The second-order valence-electron chi connectivity index (χ2n) is 2.05. The molecule has 58 valence electrons. The third-order valence-electron chi connectivity index (χ3n) is 0.906. The molecule has 0 amide bonds. The molecule has 0 saturated carbocycles. The van der Waals surface area contributed by atoms with Crippen LogP contribution >= 0.6 is 12.6 Å². The third kappa shape index (κ3) is 5.62. The molecule has 0 fully saturated rings. The zero-order valence-corrected chi connectivity index (χ0v) is 7.23. The highest BCUT2D eigenvalue weighted by Gasteiger charge is 1.95. The van der Waals surface area contributed by atoms with E-state index >= 15 is 0 Å². The van der Waals surface area contributed by atoms with Crippen LogP contribution in [0, 0.1) is 0 Å². The van der Waals surface area contributed by atoms with Crippen LogP contribution in [0.5, 0.6) is 0 Å². The lowest BCUT2D eigenvalue weighted by molar-refractivity contribution is 0.639. The molecular weight excluding hydrogens is 146 g/mol. The van der Waals surface area contributed by atoms with E-state index in [1.54, 1.807) is 0 Å². The van der Waals surface area contributed by atoms with Crippen LogP contribution in [-0.2, 0) is 0 Å². The molecule has 0 radical (unpaired) electrons. The van der Waals surface area contributed by atoms with Gasteiger partial charge in [-0.25, -0.2) is 0 Å². The van der Waals surface area contributed by atoms with Crippen molar-refractivity contribution in [3.05, 3.63) is 0 Å². The van der Waals surface area contributed by atoms with Crippen LogP contribution in [0.3, 0.4) is 0 Å². The Bertz CT molecular complexity index is 129. The van der Waals surface area contributed by atoms with Crippen molar-refractivity contribution in [3.8, 4) is 0 Å². The Morgan fingerprint density at radius 1 is 1.80 bits per heavy atom. The summed E-state index contributed by atoms with van der Waals surface area (Å²) in [6.45, 7) is 7.83. The van der Waals surface area contributed by atoms with Crippen LogP contribution in [0.2, 0.25) is 0 Å². The Hall–Kier alpha value is -0.510. The Morgan fingerprint density at radius 3 is 2.80 bits per heavy atom. The summed E-state index contributed by atoms with van der Waals surface area (Å²) in [5.41, 5.74) is 2.73. The molecule has 0 saturated heterocycles. The zero-order chi connectivity index (χ0) is 7.98. The second-order valence-corrected chi connectivity index (χ2v) is 2.69. The van der Waals surface area contributed by atoms with Gasteiger partial charge in [0.15, 0.2) is 0 Å². The number of hydrazone groups is 1. The maximum Gasteiger partial charge on any atom is 0.0669 e. The van der Waals surface area contributed by atoms with Crippen molar-refractivity contribution < 1.29 is 0 Å². The zero-order valence-electron chi connectivity index (χ0n) is 6.33. The summed E-state index contributed by atoms with van der Waals surface area (Å²) in [7, 11) is 0. The van der Waals surface area contributed by atoms with Gasteiger partial charge >= 0.3 is 0 Å². The van der Waals surface area contributed by atoms with Crippen LogP contribution in [0.1, 0.15) is 13.8 Å². The summed E-state index contributed by atoms with van der Waals surface area (Å²) in [5, 5.41) is 4.28. The SMILES string of the molecule is C=NNC[C@@H](C)/N=C(/C)S. The van der Waals surface area contributed by atoms with Crippen molar-refractivity contribution in [2.24, 2.45) is 10.1 Å².